The first-order valence-electron chi connectivity index (χ1n) is 5.56. The smallest absolute Gasteiger partial charge is 0.238 e. The van der Waals surface area contributed by atoms with Gasteiger partial charge in [-0.1, -0.05) is 6.92 Å². The van der Waals surface area contributed by atoms with Gasteiger partial charge >= 0.3 is 0 Å². The van der Waals surface area contributed by atoms with Crippen LogP contribution in [-0.2, 0) is 14.8 Å². The van der Waals surface area contributed by atoms with Crippen LogP contribution in [-0.4, -0.2) is 28.2 Å². The number of nitrogens with one attached hydrogen (secondary N) is 1. The Bertz CT molecular complexity index is 502. The molecule has 0 spiro atoms. The third-order valence-corrected chi connectivity index (χ3v) is 3.48. The van der Waals surface area contributed by atoms with Crippen LogP contribution in [0.15, 0.2) is 23.1 Å². The van der Waals surface area contributed by atoms with Gasteiger partial charge in [0.25, 0.3) is 0 Å². The Kier molecular flexibility index (Phi) is 4.94. The van der Waals surface area contributed by atoms with Crippen LogP contribution in [0.1, 0.15) is 13.3 Å². The fourth-order valence-electron chi connectivity index (χ4n) is 1.53. The van der Waals surface area contributed by atoms with Gasteiger partial charge < -0.3 is 15.8 Å². The largest absolute Gasteiger partial charge is 0.397 e. The highest BCUT2D eigenvalue weighted by Gasteiger charge is 2.12. The van der Waals surface area contributed by atoms with E-state index in [9.17, 15) is 8.42 Å². The van der Waals surface area contributed by atoms with Gasteiger partial charge in [-0.05, 0) is 24.6 Å². The highest BCUT2D eigenvalue weighted by atomic mass is 32.2. The topological polar surface area (TPSA) is 107 Å². The molecule has 0 radical (unpaired) electrons. The summed E-state index contributed by atoms with van der Waals surface area (Å²) >= 11 is 0. The minimum absolute atomic E-state index is 0.00494. The molecule has 1 aromatic carbocycles. The van der Waals surface area contributed by atoms with E-state index in [4.69, 9.17) is 15.6 Å². The lowest BCUT2D eigenvalue weighted by Crippen LogP contribution is -2.24. The number of nitrogens with two attached hydrogens (primary N) is 2. The summed E-state index contributed by atoms with van der Waals surface area (Å²) in [5, 5.41) is 8.22. The summed E-state index contributed by atoms with van der Waals surface area (Å²) in [6, 6.07) is 4.50. The number of hydrogen-bond donors (Lipinski definition) is 3. The lowest BCUT2D eigenvalue weighted by Gasteiger charge is -2.18. The van der Waals surface area contributed by atoms with Gasteiger partial charge in [0.2, 0.25) is 10.0 Å². The number of methoxy groups -OCH3 is 1. The Labute approximate surface area is 107 Å². The van der Waals surface area contributed by atoms with E-state index in [0.29, 0.717) is 18.0 Å². The number of hydrogen-bond acceptors (Lipinski definition) is 5. The normalized spacial score (nSPS) is 13.3. The van der Waals surface area contributed by atoms with Crippen LogP contribution >= 0.6 is 0 Å². The molecule has 0 fully saturated rings. The first-order chi connectivity index (χ1) is 8.38. The highest BCUT2D eigenvalue weighted by Crippen LogP contribution is 2.23. The summed E-state index contributed by atoms with van der Waals surface area (Å²) < 4.78 is 27.4. The Morgan fingerprint density at radius 3 is 2.56 bits per heavy atom. The predicted molar refractivity (Wildman–Crippen MR) is 71.8 cm³/mol. The summed E-state index contributed by atoms with van der Waals surface area (Å²) in [5.74, 6) is 0. The number of benzene rings is 1. The van der Waals surface area contributed by atoms with E-state index in [2.05, 4.69) is 5.32 Å². The number of rotatable bonds is 6. The van der Waals surface area contributed by atoms with Crippen LogP contribution in [0.3, 0.4) is 0 Å². The molecule has 0 aromatic heterocycles. The molecule has 0 heterocycles. The molecule has 0 saturated carbocycles. The van der Waals surface area contributed by atoms with Crippen LogP contribution in [0.4, 0.5) is 11.4 Å². The van der Waals surface area contributed by atoms with Crippen LogP contribution in [0.5, 0.6) is 0 Å². The molecule has 0 aliphatic carbocycles. The predicted octanol–water partition coefficient (Wildman–Crippen LogP) is 0.753. The lowest BCUT2D eigenvalue weighted by atomic mass is 10.2. The fourth-order valence-corrected chi connectivity index (χ4v) is 2.08. The minimum atomic E-state index is -3.72. The minimum Gasteiger partial charge on any atom is -0.397 e. The number of ether oxygens (including phenoxy) is 1. The van der Waals surface area contributed by atoms with E-state index in [1.54, 1.807) is 13.2 Å². The molecule has 5 N–H and O–H groups in total. The zero-order valence-electron chi connectivity index (χ0n) is 10.5. The quantitative estimate of drug-likeness (QED) is 0.663. The van der Waals surface area contributed by atoms with Gasteiger partial charge in [0.15, 0.2) is 0 Å². The van der Waals surface area contributed by atoms with Crippen LogP contribution in [0.2, 0.25) is 0 Å². The van der Waals surface area contributed by atoms with E-state index in [1.807, 2.05) is 6.92 Å². The Hall–Kier alpha value is -1.31. The third kappa shape index (κ3) is 3.86. The van der Waals surface area contributed by atoms with Crippen molar-refractivity contribution in [2.24, 2.45) is 5.14 Å². The molecule has 0 bridgehead atoms. The van der Waals surface area contributed by atoms with Crippen LogP contribution < -0.4 is 16.2 Å². The maximum absolute atomic E-state index is 11.2. The Morgan fingerprint density at radius 2 is 2.11 bits per heavy atom. The number of primary sulfonamides is 1. The van der Waals surface area contributed by atoms with Crippen molar-refractivity contribution < 1.29 is 13.2 Å². The molecule has 0 aliphatic rings. The van der Waals surface area contributed by atoms with E-state index in [1.165, 1.54) is 12.1 Å². The van der Waals surface area contributed by atoms with Gasteiger partial charge in [-0.2, -0.15) is 0 Å². The van der Waals surface area contributed by atoms with Crippen molar-refractivity contribution in [3.8, 4) is 0 Å². The average Bonchev–Trinajstić information content (AvgIpc) is 2.29. The lowest BCUT2D eigenvalue weighted by molar-refractivity contribution is 0.184. The first kappa shape index (κ1) is 14.7. The fraction of sp³-hybridized carbons (Fsp3) is 0.455. The summed E-state index contributed by atoms with van der Waals surface area (Å²) in [7, 11) is -2.10. The van der Waals surface area contributed by atoms with Gasteiger partial charge in [-0.3, -0.25) is 0 Å². The van der Waals surface area contributed by atoms with Crippen molar-refractivity contribution in [2.45, 2.75) is 24.3 Å². The molecule has 102 valence electrons. The Balaban J connectivity index is 2.92. The van der Waals surface area contributed by atoms with Gasteiger partial charge in [0.1, 0.15) is 0 Å². The van der Waals surface area contributed by atoms with Crippen molar-refractivity contribution in [2.75, 3.05) is 24.8 Å². The monoisotopic (exact) mass is 273 g/mol. The summed E-state index contributed by atoms with van der Waals surface area (Å²) in [6.45, 7) is 2.57. The van der Waals surface area contributed by atoms with Gasteiger partial charge in [-0.25, -0.2) is 13.6 Å². The molecular weight excluding hydrogens is 254 g/mol. The van der Waals surface area contributed by atoms with E-state index in [0.717, 1.165) is 6.42 Å². The third-order valence-electron chi connectivity index (χ3n) is 2.57. The van der Waals surface area contributed by atoms with Gasteiger partial charge in [-0.15, -0.1) is 0 Å². The average molecular weight is 273 g/mol. The van der Waals surface area contributed by atoms with Crippen molar-refractivity contribution >= 4 is 21.4 Å². The zero-order chi connectivity index (χ0) is 13.8. The van der Waals surface area contributed by atoms with Crippen LogP contribution in [0.25, 0.3) is 0 Å². The van der Waals surface area contributed by atoms with E-state index in [-0.39, 0.29) is 10.9 Å². The maximum Gasteiger partial charge on any atom is 0.238 e. The number of anilines is 2. The number of nitrogen functional groups attached to an aromatic ring is 1. The van der Waals surface area contributed by atoms with Crippen LogP contribution in [0, 0.1) is 0 Å². The molecule has 0 amide bonds. The van der Waals surface area contributed by atoms with E-state index < -0.39 is 10.0 Å². The first-order valence-corrected chi connectivity index (χ1v) is 7.11. The van der Waals surface area contributed by atoms with Crippen molar-refractivity contribution in [3.63, 3.8) is 0 Å². The second-order valence-electron chi connectivity index (χ2n) is 4.00. The molecule has 0 aliphatic heterocycles. The molecule has 1 rings (SSSR count). The van der Waals surface area contributed by atoms with Crippen molar-refractivity contribution in [3.05, 3.63) is 18.2 Å². The molecule has 7 heteroatoms. The molecule has 6 nitrogen and oxygen atoms in total. The SMILES string of the molecule is CCC(COC)Nc1ccc(S(N)(=O)=O)cc1N. The van der Waals surface area contributed by atoms with E-state index >= 15 is 0 Å². The second-order valence-corrected chi connectivity index (χ2v) is 5.56. The molecule has 1 aromatic rings. The standard InChI is InChI=1S/C11H19N3O3S/c1-3-8(7-17-2)14-11-5-4-9(6-10(11)12)18(13,15)16/h4-6,8,14H,3,7,12H2,1-2H3,(H2,13,15,16). The maximum atomic E-state index is 11.2. The highest BCUT2D eigenvalue weighted by molar-refractivity contribution is 7.89. The second kappa shape index (κ2) is 6.03. The zero-order valence-corrected chi connectivity index (χ0v) is 11.3. The van der Waals surface area contributed by atoms with Crippen molar-refractivity contribution in [1.29, 1.82) is 0 Å². The molecule has 1 atom stereocenters. The Morgan fingerprint density at radius 1 is 1.44 bits per heavy atom. The number of sulfonamides is 1. The molecule has 0 saturated heterocycles. The summed E-state index contributed by atoms with van der Waals surface area (Å²) in [6.07, 6.45) is 0.865. The summed E-state index contributed by atoms with van der Waals surface area (Å²) in [4.78, 5) is 0.00494. The summed E-state index contributed by atoms with van der Waals surface area (Å²) in [5.41, 5.74) is 6.81. The molecule has 18 heavy (non-hydrogen) atoms. The molecular formula is C11H19N3O3S. The van der Waals surface area contributed by atoms with Gasteiger partial charge in [0, 0.05) is 13.2 Å². The van der Waals surface area contributed by atoms with Gasteiger partial charge in [0.05, 0.1) is 22.9 Å². The molecule has 1 unspecified atom stereocenters. The van der Waals surface area contributed by atoms with Crippen molar-refractivity contribution in [1.82, 2.24) is 0 Å².